The zero-order valence-corrected chi connectivity index (χ0v) is 14.0. The lowest BCUT2D eigenvalue weighted by atomic mass is 10.1. The minimum Gasteiger partial charge on any atom is -0.461 e. The van der Waals surface area contributed by atoms with Crippen molar-refractivity contribution >= 4 is 32.9 Å². The lowest BCUT2D eigenvalue weighted by Gasteiger charge is -2.07. The van der Waals surface area contributed by atoms with E-state index in [0.29, 0.717) is 22.1 Å². The Balaban J connectivity index is 1.75. The Hall–Kier alpha value is -2.47. The second-order valence-electron chi connectivity index (χ2n) is 5.20. The summed E-state index contributed by atoms with van der Waals surface area (Å²) in [4.78, 5) is 23.5. The van der Waals surface area contributed by atoms with Crippen molar-refractivity contribution < 1.29 is 18.3 Å². The van der Waals surface area contributed by atoms with Crippen molar-refractivity contribution in [3.63, 3.8) is 0 Å². The van der Waals surface area contributed by atoms with Gasteiger partial charge < -0.3 is 9.15 Å². The Kier molecular flexibility index (Phi) is 4.76. The molecule has 0 atom stereocenters. The number of halogens is 2. The third-order valence-corrected chi connectivity index (χ3v) is 3.91. The Labute approximate surface area is 145 Å². The van der Waals surface area contributed by atoms with Crippen LogP contribution in [0.4, 0.5) is 4.39 Å². The monoisotopic (exact) mass is 390 g/mol. The van der Waals surface area contributed by atoms with Crippen molar-refractivity contribution in [1.29, 1.82) is 0 Å². The fourth-order valence-corrected chi connectivity index (χ4v) is 2.69. The molecule has 3 aromatic rings. The summed E-state index contributed by atoms with van der Waals surface area (Å²) < 4.78 is 24.2. The Morgan fingerprint density at radius 1 is 1.17 bits per heavy atom. The molecule has 0 amide bonds. The first kappa shape index (κ1) is 16.4. The summed E-state index contributed by atoms with van der Waals surface area (Å²) in [7, 11) is 0. The van der Waals surface area contributed by atoms with Gasteiger partial charge in [0, 0.05) is 21.5 Å². The minimum absolute atomic E-state index is 0.0390. The molecule has 0 bridgehead atoms. The van der Waals surface area contributed by atoms with Gasteiger partial charge in [-0.2, -0.15) is 0 Å². The second-order valence-corrected chi connectivity index (χ2v) is 6.11. The molecule has 3 rings (SSSR count). The zero-order chi connectivity index (χ0) is 17.1. The van der Waals surface area contributed by atoms with Crippen LogP contribution in [-0.4, -0.2) is 5.97 Å². The van der Waals surface area contributed by atoms with Crippen LogP contribution >= 0.6 is 15.9 Å². The molecule has 0 saturated carbocycles. The molecule has 1 aromatic heterocycles. The summed E-state index contributed by atoms with van der Waals surface area (Å²) >= 11 is 3.31. The van der Waals surface area contributed by atoms with Gasteiger partial charge in [-0.05, 0) is 35.9 Å². The highest BCUT2D eigenvalue weighted by Gasteiger charge is 2.10. The van der Waals surface area contributed by atoms with Crippen molar-refractivity contribution in [2.24, 2.45) is 0 Å². The summed E-state index contributed by atoms with van der Waals surface area (Å²) in [6.45, 7) is -0.0577. The molecule has 1 heterocycles. The summed E-state index contributed by atoms with van der Waals surface area (Å²) in [6.07, 6.45) is -0.0390. The van der Waals surface area contributed by atoms with Crippen molar-refractivity contribution in [3.8, 4) is 0 Å². The largest absolute Gasteiger partial charge is 0.461 e. The first-order chi connectivity index (χ1) is 11.5. The maximum Gasteiger partial charge on any atom is 0.336 e. The molecule has 0 saturated heterocycles. The fraction of sp³-hybridized carbons (Fsp3) is 0.111. The average Bonchev–Trinajstić information content (AvgIpc) is 2.52. The molecule has 2 aromatic carbocycles. The lowest BCUT2D eigenvalue weighted by Crippen LogP contribution is -2.10. The molecular formula is C18H12BrFO4. The molecule has 0 unspecified atom stereocenters. The van der Waals surface area contributed by atoms with Crippen LogP contribution in [0, 0.1) is 5.82 Å². The predicted octanol–water partition coefficient (Wildman–Crippen LogP) is 3.98. The number of fused-ring (bicyclic) bond motifs is 1. The van der Waals surface area contributed by atoms with Gasteiger partial charge in [0.15, 0.2) is 0 Å². The van der Waals surface area contributed by atoms with Crippen LogP contribution in [0.1, 0.15) is 11.1 Å². The third-order valence-electron chi connectivity index (χ3n) is 3.42. The van der Waals surface area contributed by atoms with E-state index in [-0.39, 0.29) is 13.0 Å². The normalized spacial score (nSPS) is 10.8. The van der Waals surface area contributed by atoms with E-state index < -0.39 is 17.4 Å². The Morgan fingerprint density at radius 2 is 2.00 bits per heavy atom. The molecule has 0 aliphatic heterocycles. The van der Waals surface area contributed by atoms with Gasteiger partial charge in [-0.3, -0.25) is 4.79 Å². The van der Waals surface area contributed by atoms with Gasteiger partial charge in [0.25, 0.3) is 0 Å². The molecule has 0 aliphatic rings. The van der Waals surface area contributed by atoms with Crippen LogP contribution in [0.15, 0.2) is 62.2 Å². The number of rotatable bonds is 4. The maximum absolute atomic E-state index is 13.1. The molecule has 4 nitrogen and oxygen atoms in total. The van der Waals surface area contributed by atoms with Gasteiger partial charge in [0.2, 0.25) is 0 Å². The standard InChI is InChI=1S/C18H12BrFO4/c19-13-4-5-15-12(8-18(22)24-16(15)9-13)10-23-17(21)7-11-2-1-3-14(20)6-11/h1-6,8-9H,7,10H2. The Morgan fingerprint density at radius 3 is 2.79 bits per heavy atom. The van der Waals surface area contributed by atoms with Crippen LogP contribution in [0.3, 0.4) is 0 Å². The van der Waals surface area contributed by atoms with Crippen LogP contribution in [0.2, 0.25) is 0 Å². The number of carbonyl (C=O) groups is 1. The number of carbonyl (C=O) groups excluding carboxylic acids is 1. The first-order valence-corrected chi connectivity index (χ1v) is 7.93. The molecule has 0 spiro atoms. The summed E-state index contributed by atoms with van der Waals surface area (Å²) in [5, 5.41) is 0.691. The minimum atomic E-state index is -0.517. The van der Waals surface area contributed by atoms with Crippen LogP contribution < -0.4 is 5.63 Å². The van der Waals surface area contributed by atoms with E-state index in [1.165, 1.54) is 24.3 Å². The number of benzene rings is 2. The molecule has 0 radical (unpaired) electrons. The van der Waals surface area contributed by atoms with E-state index in [2.05, 4.69) is 15.9 Å². The maximum atomic E-state index is 13.1. The van der Waals surface area contributed by atoms with Crippen molar-refractivity contribution in [1.82, 2.24) is 0 Å². The molecular weight excluding hydrogens is 379 g/mol. The SMILES string of the molecule is O=C(Cc1cccc(F)c1)OCc1cc(=O)oc2cc(Br)ccc12. The van der Waals surface area contributed by atoms with E-state index >= 15 is 0 Å². The molecule has 0 fully saturated rings. The topological polar surface area (TPSA) is 56.5 Å². The van der Waals surface area contributed by atoms with E-state index in [0.717, 1.165) is 4.47 Å². The highest BCUT2D eigenvalue weighted by molar-refractivity contribution is 9.10. The summed E-state index contributed by atoms with van der Waals surface area (Å²) in [6, 6.07) is 12.3. The van der Waals surface area contributed by atoms with Gasteiger partial charge in [-0.25, -0.2) is 9.18 Å². The van der Waals surface area contributed by atoms with E-state index in [1.54, 1.807) is 24.3 Å². The number of hydrogen-bond acceptors (Lipinski definition) is 4. The highest BCUT2D eigenvalue weighted by atomic mass is 79.9. The molecule has 0 N–H and O–H groups in total. The predicted molar refractivity (Wildman–Crippen MR) is 90.1 cm³/mol. The molecule has 24 heavy (non-hydrogen) atoms. The molecule has 6 heteroatoms. The van der Waals surface area contributed by atoms with Gasteiger partial charge in [-0.1, -0.05) is 28.1 Å². The van der Waals surface area contributed by atoms with E-state index in [9.17, 15) is 14.0 Å². The number of esters is 1. The number of ether oxygens (including phenoxy) is 1. The van der Waals surface area contributed by atoms with Gasteiger partial charge >= 0.3 is 11.6 Å². The van der Waals surface area contributed by atoms with E-state index in [4.69, 9.17) is 9.15 Å². The highest BCUT2D eigenvalue weighted by Crippen LogP contribution is 2.22. The van der Waals surface area contributed by atoms with Gasteiger partial charge in [0.05, 0.1) is 6.42 Å². The molecule has 0 aliphatic carbocycles. The van der Waals surface area contributed by atoms with Gasteiger partial charge in [-0.15, -0.1) is 0 Å². The third kappa shape index (κ3) is 3.89. The first-order valence-electron chi connectivity index (χ1n) is 7.13. The van der Waals surface area contributed by atoms with E-state index in [1.807, 2.05) is 0 Å². The van der Waals surface area contributed by atoms with Crippen molar-refractivity contribution in [2.75, 3.05) is 0 Å². The quantitative estimate of drug-likeness (QED) is 0.499. The molecule has 122 valence electrons. The second kappa shape index (κ2) is 6.97. The summed E-state index contributed by atoms with van der Waals surface area (Å²) in [5.74, 6) is -0.906. The van der Waals surface area contributed by atoms with Crippen molar-refractivity contribution in [2.45, 2.75) is 13.0 Å². The average molecular weight is 391 g/mol. The Bertz CT molecular complexity index is 965. The van der Waals surface area contributed by atoms with Crippen LogP contribution in [-0.2, 0) is 22.6 Å². The lowest BCUT2D eigenvalue weighted by molar-refractivity contribution is -0.144. The van der Waals surface area contributed by atoms with Crippen molar-refractivity contribution in [3.05, 3.63) is 80.4 Å². The van der Waals surface area contributed by atoms with Crippen LogP contribution in [0.25, 0.3) is 11.0 Å². The van der Waals surface area contributed by atoms with Crippen LogP contribution in [0.5, 0.6) is 0 Å². The summed E-state index contributed by atoms with van der Waals surface area (Å²) in [5.41, 5.74) is 0.979. The smallest absolute Gasteiger partial charge is 0.336 e. The number of hydrogen-bond donors (Lipinski definition) is 0. The fourth-order valence-electron chi connectivity index (χ4n) is 2.35. The zero-order valence-electron chi connectivity index (χ0n) is 12.4. The van der Waals surface area contributed by atoms with Gasteiger partial charge in [0.1, 0.15) is 18.0 Å².